The molecule has 3 aromatic carbocycles. The van der Waals surface area contributed by atoms with E-state index in [0.29, 0.717) is 23.7 Å². The minimum Gasteiger partial charge on any atom is -0.406 e. The number of methoxy groups -OCH3 is 1. The lowest BCUT2D eigenvalue weighted by atomic mass is 9.96. The van der Waals surface area contributed by atoms with Gasteiger partial charge in [-0.2, -0.15) is 5.26 Å². The molecule has 3 atom stereocenters. The van der Waals surface area contributed by atoms with E-state index in [1.165, 1.54) is 12.1 Å². The number of nitriles is 1. The largest absolute Gasteiger partial charge is 0.573 e. The predicted molar refractivity (Wildman–Crippen MR) is 131 cm³/mol. The molecule has 0 aliphatic carbocycles. The van der Waals surface area contributed by atoms with E-state index in [1.54, 1.807) is 19.2 Å². The lowest BCUT2D eigenvalue weighted by Crippen LogP contribution is -2.43. The molecule has 1 N–H and O–H groups in total. The van der Waals surface area contributed by atoms with E-state index >= 15 is 0 Å². The molecule has 1 amide bonds. The summed E-state index contributed by atoms with van der Waals surface area (Å²) in [6.07, 6.45) is -5.14. The van der Waals surface area contributed by atoms with Gasteiger partial charge in [-0.1, -0.05) is 35.9 Å². The molecule has 0 spiro atoms. The quantitative estimate of drug-likeness (QED) is 0.448. The Morgan fingerprint density at radius 3 is 2.16 bits per heavy atom. The van der Waals surface area contributed by atoms with Crippen molar-refractivity contribution < 1.29 is 27.4 Å². The Labute approximate surface area is 217 Å². The van der Waals surface area contributed by atoms with Crippen LogP contribution in [0.5, 0.6) is 5.75 Å². The number of rotatable bonds is 7. The van der Waals surface area contributed by atoms with Gasteiger partial charge >= 0.3 is 6.36 Å². The number of halogens is 4. The van der Waals surface area contributed by atoms with Crippen LogP contribution in [0, 0.1) is 11.3 Å². The van der Waals surface area contributed by atoms with Gasteiger partial charge in [-0.25, -0.2) is 0 Å². The second-order valence-electron chi connectivity index (χ2n) is 8.57. The van der Waals surface area contributed by atoms with Gasteiger partial charge in [-0.3, -0.25) is 9.69 Å². The molecule has 0 radical (unpaired) electrons. The lowest BCUT2D eigenvalue weighted by molar-refractivity contribution is -0.274. The Morgan fingerprint density at radius 2 is 1.62 bits per heavy atom. The number of hydrogen-bond acceptors (Lipinski definition) is 5. The van der Waals surface area contributed by atoms with Crippen LogP contribution in [0.2, 0.25) is 5.02 Å². The normalized spacial score (nSPS) is 18.7. The maximum atomic E-state index is 12.9. The van der Waals surface area contributed by atoms with E-state index < -0.39 is 18.0 Å². The molecule has 0 aromatic heterocycles. The molecule has 1 heterocycles. The number of carbonyl (C=O) groups excluding carboxylic acids is 1. The summed E-state index contributed by atoms with van der Waals surface area (Å²) in [6, 6.07) is 21.1. The van der Waals surface area contributed by atoms with Crippen LogP contribution in [0.15, 0.2) is 72.8 Å². The zero-order chi connectivity index (χ0) is 26.6. The molecule has 4 rings (SSSR count). The summed E-state index contributed by atoms with van der Waals surface area (Å²) in [4.78, 5) is 15.1. The maximum Gasteiger partial charge on any atom is 0.573 e. The monoisotopic (exact) mass is 529 g/mol. The van der Waals surface area contributed by atoms with Crippen molar-refractivity contribution in [2.24, 2.45) is 0 Å². The van der Waals surface area contributed by atoms with Crippen LogP contribution >= 0.6 is 11.6 Å². The third-order valence-electron chi connectivity index (χ3n) is 6.17. The summed E-state index contributed by atoms with van der Waals surface area (Å²) in [5, 5.41) is 12.7. The highest BCUT2D eigenvalue weighted by Gasteiger charge is 2.38. The SMILES string of the molecule is COC1CN(C(c2ccc(Cl)cc2)c2ccc(C#N)cc2)CC1NC(=O)c1ccc(OC(F)(F)F)cc1. The highest BCUT2D eigenvalue weighted by molar-refractivity contribution is 6.30. The summed E-state index contributed by atoms with van der Waals surface area (Å²) >= 11 is 6.11. The van der Waals surface area contributed by atoms with E-state index in [2.05, 4.69) is 21.0 Å². The maximum absolute atomic E-state index is 12.9. The fraction of sp³-hybridized carbons (Fsp3) is 0.259. The number of benzene rings is 3. The first kappa shape index (κ1) is 26.5. The molecule has 0 saturated carbocycles. The molecule has 37 heavy (non-hydrogen) atoms. The van der Waals surface area contributed by atoms with Crippen molar-refractivity contribution in [3.8, 4) is 11.8 Å². The molecule has 1 aliphatic rings. The van der Waals surface area contributed by atoms with Gasteiger partial charge in [-0.05, 0) is 59.7 Å². The molecule has 1 saturated heterocycles. The van der Waals surface area contributed by atoms with Gasteiger partial charge in [0.2, 0.25) is 0 Å². The number of nitrogens with one attached hydrogen (secondary N) is 1. The first-order valence-corrected chi connectivity index (χ1v) is 11.7. The van der Waals surface area contributed by atoms with Crippen molar-refractivity contribution >= 4 is 17.5 Å². The molecular weight excluding hydrogens is 507 g/mol. The fourth-order valence-corrected chi connectivity index (χ4v) is 4.58. The molecule has 3 unspecified atom stereocenters. The average molecular weight is 530 g/mol. The second-order valence-corrected chi connectivity index (χ2v) is 9.00. The van der Waals surface area contributed by atoms with Crippen molar-refractivity contribution in [1.29, 1.82) is 5.26 Å². The summed E-state index contributed by atoms with van der Waals surface area (Å²) in [5.74, 6) is -0.840. The molecule has 3 aromatic rings. The van der Waals surface area contributed by atoms with E-state index in [1.807, 2.05) is 36.4 Å². The average Bonchev–Trinajstić information content (AvgIpc) is 3.27. The van der Waals surface area contributed by atoms with Crippen LogP contribution in [-0.2, 0) is 4.74 Å². The topological polar surface area (TPSA) is 74.6 Å². The molecular formula is C27H23ClF3N3O3. The van der Waals surface area contributed by atoms with Crippen LogP contribution < -0.4 is 10.1 Å². The van der Waals surface area contributed by atoms with Crippen LogP contribution in [0.1, 0.15) is 33.1 Å². The van der Waals surface area contributed by atoms with Gasteiger partial charge in [0, 0.05) is 30.8 Å². The third kappa shape index (κ3) is 6.60. The Kier molecular flexibility index (Phi) is 8.03. The second kappa shape index (κ2) is 11.2. The summed E-state index contributed by atoms with van der Waals surface area (Å²) < 4.78 is 46.8. The molecule has 1 aliphatic heterocycles. The Hall–Kier alpha value is -3.58. The van der Waals surface area contributed by atoms with Crippen LogP contribution in [-0.4, -0.2) is 49.5 Å². The highest BCUT2D eigenvalue weighted by Crippen LogP contribution is 2.33. The van der Waals surface area contributed by atoms with E-state index in [4.69, 9.17) is 16.3 Å². The Bertz CT molecular complexity index is 1260. The first-order chi connectivity index (χ1) is 17.7. The number of amides is 1. The van der Waals surface area contributed by atoms with Crippen molar-refractivity contribution in [1.82, 2.24) is 10.2 Å². The Morgan fingerprint density at radius 1 is 1.03 bits per heavy atom. The molecule has 1 fully saturated rings. The number of hydrogen-bond donors (Lipinski definition) is 1. The van der Waals surface area contributed by atoms with Gasteiger partial charge in [-0.15, -0.1) is 13.2 Å². The van der Waals surface area contributed by atoms with E-state index in [-0.39, 0.29) is 23.8 Å². The van der Waals surface area contributed by atoms with Gasteiger partial charge in [0.15, 0.2) is 0 Å². The molecule has 0 bridgehead atoms. The first-order valence-electron chi connectivity index (χ1n) is 11.4. The fourth-order valence-electron chi connectivity index (χ4n) is 4.45. The van der Waals surface area contributed by atoms with Crippen molar-refractivity contribution in [2.75, 3.05) is 20.2 Å². The summed E-state index contributed by atoms with van der Waals surface area (Å²) in [5.41, 5.74) is 2.69. The highest BCUT2D eigenvalue weighted by atomic mass is 35.5. The minimum atomic E-state index is -4.81. The third-order valence-corrected chi connectivity index (χ3v) is 6.42. The van der Waals surface area contributed by atoms with Crippen molar-refractivity contribution in [3.63, 3.8) is 0 Å². The lowest BCUT2D eigenvalue weighted by Gasteiger charge is -2.29. The number of nitrogens with zero attached hydrogens (tertiary/aromatic N) is 2. The Balaban J connectivity index is 1.54. The van der Waals surface area contributed by atoms with Crippen molar-refractivity contribution in [3.05, 3.63) is 100 Å². The van der Waals surface area contributed by atoms with E-state index in [9.17, 15) is 23.2 Å². The zero-order valence-electron chi connectivity index (χ0n) is 19.7. The number of likely N-dealkylation sites (tertiary alicyclic amines) is 1. The number of carbonyl (C=O) groups is 1. The van der Waals surface area contributed by atoms with Crippen molar-refractivity contribution in [2.45, 2.75) is 24.6 Å². The number of alkyl halides is 3. The molecule has 6 nitrogen and oxygen atoms in total. The molecule has 10 heteroatoms. The van der Waals surface area contributed by atoms with Gasteiger partial charge in [0.05, 0.1) is 29.8 Å². The van der Waals surface area contributed by atoms with Crippen LogP contribution in [0.4, 0.5) is 13.2 Å². The predicted octanol–water partition coefficient (Wildman–Crippen LogP) is 5.33. The smallest absolute Gasteiger partial charge is 0.406 e. The van der Waals surface area contributed by atoms with Gasteiger partial charge in [0.25, 0.3) is 5.91 Å². The van der Waals surface area contributed by atoms with Gasteiger partial charge in [0.1, 0.15) is 5.75 Å². The number of ether oxygens (including phenoxy) is 2. The van der Waals surface area contributed by atoms with E-state index in [0.717, 1.165) is 23.3 Å². The van der Waals surface area contributed by atoms with Crippen LogP contribution in [0.3, 0.4) is 0 Å². The minimum absolute atomic E-state index is 0.191. The van der Waals surface area contributed by atoms with Gasteiger partial charge < -0.3 is 14.8 Å². The summed E-state index contributed by atoms with van der Waals surface area (Å²) in [6.45, 7) is 0.958. The summed E-state index contributed by atoms with van der Waals surface area (Å²) in [7, 11) is 1.57. The molecule has 192 valence electrons. The zero-order valence-corrected chi connectivity index (χ0v) is 20.5. The van der Waals surface area contributed by atoms with Crippen LogP contribution in [0.25, 0.3) is 0 Å². The standard InChI is InChI=1S/C27H23ClF3N3O3/c1-36-24-16-34(15-23(24)33-26(35)20-8-12-22(13-9-20)37-27(29,30)31)25(19-6-10-21(28)11-7-19)18-4-2-17(14-32)3-5-18/h2-13,23-25H,15-16H2,1H3,(H,33,35).